The Labute approximate surface area is 174 Å². The molecular weight excluding hydrogens is 366 g/mol. The van der Waals surface area contributed by atoms with Gasteiger partial charge in [-0.3, -0.25) is 0 Å². The number of fused-ring (bicyclic) bond motifs is 5. The van der Waals surface area contributed by atoms with Gasteiger partial charge in [0.1, 0.15) is 11.2 Å². The molecule has 0 saturated heterocycles. The highest BCUT2D eigenvalue weighted by molar-refractivity contribution is 6.15. The van der Waals surface area contributed by atoms with Crippen LogP contribution in [-0.2, 0) is 0 Å². The van der Waals surface area contributed by atoms with Crippen LogP contribution in [0.4, 0.5) is 11.4 Å². The smallest absolute Gasteiger partial charge is 0.143 e. The van der Waals surface area contributed by atoms with E-state index in [0.717, 1.165) is 44.3 Å². The van der Waals surface area contributed by atoms with Crippen molar-refractivity contribution in [1.29, 1.82) is 0 Å². The number of anilines is 2. The zero-order chi connectivity index (χ0) is 19.9. The second kappa shape index (κ2) is 6.78. The van der Waals surface area contributed by atoms with Crippen molar-refractivity contribution in [3.63, 3.8) is 0 Å². The van der Waals surface area contributed by atoms with Crippen LogP contribution in [0.3, 0.4) is 0 Å². The van der Waals surface area contributed by atoms with Gasteiger partial charge in [0.25, 0.3) is 0 Å². The van der Waals surface area contributed by atoms with E-state index in [-0.39, 0.29) is 0 Å². The molecule has 0 bridgehead atoms. The summed E-state index contributed by atoms with van der Waals surface area (Å²) in [6, 6.07) is 37.9. The third-order valence-electron chi connectivity index (χ3n) is 5.64. The van der Waals surface area contributed by atoms with Crippen molar-refractivity contribution in [2.24, 2.45) is 0 Å². The number of hydrogen-bond acceptors (Lipinski definition) is 2. The van der Waals surface area contributed by atoms with E-state index in [1.165, 1.54) is 10.9 Å². The molecule has 2 nitrogen and oxygen atoms in total. The predicted molar refractivity (Wildman–Crippen MR) is 126 cm³/mol. The predicted octanol–water partition coefficient (Wildman–Crippen LogP) is 8.15. The fourth-order valence-electron chi connectivity index (χ4n) is 4.12. The van der Waals surface area contributed by atoms with Crippen molar-refractivity contribution >= 4 is 44.1 Å². The first-order valence-electron chi connectivity index (χ1n) is 10.1. The number of nitrogens with one attached hydrogen (secondary N) is 1. The van der Waals surface area contributed by atoms with Crippen LogP contribution in [0, 0.1) is 0 Å². The van der Waals surface area contributed by atoms with Crippen LogP contribution in [0.25, 0.3) is 43.8 Å². The standard InChI is InChI=1S/C28H19NO/c1-2-7-22(8-3-1)29-23-14-10-19(11-15-23)21-13-16-25-26-17-12-20-6-4-5-9-24(20)28(26)30-27(25)18-21/h1-18,29H. The van der Waals surface area contributed by atoms with Gasteiger partial charge in [-0.1, -0.05) is 66.7 Å². The first-order valence-corrected chi connectivity index (χ1v) is 10.1. The van der Waals surface area contributed by atoms with Gasteiger partial charge in [-0.05, 0) is 59.0 Å². The van der Waals surface area contributed by atoms with Gasteiger partial charge in [-0.25, -0.2) is 0 Å². The molecular formula is C28H19NO. The zero-order valence-electron chi connectivity index (χ0n) is 16.3. The highest BCUT2D eigenvalue weighted by Crippen LogP contribution is 2.36. The molecule has 0 fully saturated rings. The van der Waals surface area contributed by atoms with Crippen molar-refractivity contribution in [3.8, 4) is 11.1 Å². The van der Waals surface area contributed by atoms with Crippen molar-refractivity contribution in [2.45, 2.75) is 0 Å². The first-order chi connectivity index (χ1) is 14.8. The molecule has 0 amide bonds. The van der Waals surface area contributed by atoms with Crippen molar-refractivity contribution < 1.29 is 4.42 Å². The topological polar surface area (TPSA) is 25.2 Å². The van der Waals surface area contributed by atoms with E-state index >= 15 is 0 Å². The molecule has 6 aromatic rings. The maximum absolute atomic E-state index is 6.32. The summed E-state index contributed by atoms with van der Waals surface area (Å²) in [6.07, 6.45) is 0. The van der Waals surface area contributed by atoms with Gasteiger partial charge in [-0.2, -0.15) is 0 Å². The van der Waals surface area contributed by atoms with Gasteiger partial charge in [0.05, 0.1) is 0 Å². The normalized spacial score (nSPS) is 11.3. The first kappa shape index (κ1) is 16.9. The number of benzene rings is 5. The molecule has 0 spiro atoms. The molecule has 1 N–H and O–H groups in total. The third kappa shape index (κ3) is 2.82. The summed E-state index contributed by atoms with van der Waals surface area (Å²) in [7, 11) is 0. The van der Waals surface area contributed by atoms with E-state index in [1.54, 1.807) is 0 Å². The molecule has 142 valence electrons. The molecule has 0 saturated carbocycles. The lowest BCUT2D eigenvalue weighted by molar-refractivity contribution is 0.673. The Morgan fingerprint density at radius 1 is 0.500 bits per heavy atom. The number of hydrogen-bond donors (Lipinski definition) is 1. The van der Waals surface area contributed by atoms with E-state index in [4.69, 9.17) is 4.42 Å². The Morgan fingerprint density at radius 3 is 2.07 bits per heavy atom. The van der Waals surface area contributed by atoms with Crippen LogP contribution in [0.5, 0.6) is 0 Å². The lowest BCUT2D eigenvalue weighted by atomic mass is 10.0. The molecule has 0 unspecified atom stereocenters. The molecule has 5 aromatic carbocycles. The molecule has 2 heteroatoms. The fourth-order valence-corrected chi connectivity index (χ4v) is 4.12. The van der Waals surface area contributed by atoms with Crippen LogP contribution in [-0.4, -0.2) is 0 Å². The van der Waals surface area contributed by atoms with Crippen LogP contribution >= 0.6 is 0 Å². The summed E-state index contributed by atoms with van der Waals surface area (Å²) >= 11 is 0. The summed E-state index contributed by atoms with van der Waals surface area (Å²) in [5, 5.41) is 8.10. The molecule has 0 aliphatic carbocycles. The van der Waals surface area contributed by atoms with E-state index in [1.807, 2.05) is 18.2 Å². The maximum Gasteiger partial charge on any atom is 0.143 e. The lowest BCUT2D eigenvalue weighted by Crippen LogP contribution is -1.89. The Kier molecular flexibility index (Phi) is 3.82. The summed E-state index contributed by atoms with van der Waals surface area (Å²) < 4.78 is 6.32. The van der Waals surface area contributed by atoms with Crippen molar-refractivity contribution in [2.75, 3.05) is 5.32 Å². The SMILES string of the molecule is c1ccc(Nc2ccc(-c3ccc4c(c3)oc3c5ccccc5ccc43)cc2)cc1. The minimum Gasteiger partial charge on any atom is -0.455 e. The average Bonchev–Trinajstić information content (AvgIpc) is 3.19. The van der Waals surface area contributed by atoms with Crippen LogP contribution in [0.2, 0.25) is 0 Å². The van der Waals surface area contributed by atoms with Crippen LogP contribution in [0.1, 0.15) is 0 Å². The highest BCUT2D eigenvalue weighted by Gasteiger charge is 2.11. The maximum atomic E-state index is 6.32. The van der Waals surface area contributed by atoms with Crippen LogP contribution < -0.4 is 5.32 Å². The Bertz CT molecular complexity index is 1490. The van der Waals surface area contributed by atoms with Crippen LogP contribution in [0.15, 0.2) is 114 Å². The van der Waals surface area contributed by atoms with E-state index in [0.29, 0.717) is 0 Å². The minimum atomic E-state index is 0.922. The highest BCUT2D eigenvalue weighted by atomic mass is 16.3. The van der Waals surface area contributed by atoms with E-state index in [9.17, 15) is 0 Å². The zero-order valence-corrected chi connectivity index (χ0v) is 16.3. The Hall–Kier alpha value is -4.04. The third-order valence-corrected chi connectivity index (χ3v) is 5.64. The summed E-state index contributed by atoms with van der Waals surface area (Å²) in [5.74, 6) is 0. The lowest BCUT2D eigenvalue weighted by Gasteiger charge is -2.07. The molecule has 1 heterocycles. The monoisotopic (exact) mass is 385 g/mol. The summed E-state index contributed by atoms with van der Waals surface area (Å²) in [4.78, 5) is 0. The Balaban J connectivity index is 1.39. The van der Waals surface area contributed by atoms with E-state index < -0.39 is 0 Å². The molecule has 1 aromatic heterocycles. The van der Waals surface area contributed by atoms with Crippen molar-refractivity contribution in [3.05, 3.63) is 109 Å². The number of para-hydroxylation sites is 1. The number of rotatable bonds is 3. The van der Waals surface area contributed by atoms with Gasteiger partial charge >= 0.3 is 0 Å². The van der Waals surface area contributed by atoms with Gasteiger partial charge in [0.15, 0.2) is 0 Å². The summed E-state index contributed by atoms with van der Waals surface area (Å²) in [5.41, 5.74) is 6.35. The molecule has 0 aliphatic heterocycles. The second-order valence-electron chi connectivity index (χ2n) is 7.54. The van der Waals surface area contributed by atoms with Crippen molar-refractivity contribution in [1.82, 2.24) is 0 Å². The van der Waals surface area contributed by atoms with Gasteiger partial charge < -0.3 is 9.73 Å². The summed E-state index contributed by atoms with van der Waals surface area (Å²) in [6.45, 7) is 0. The second-order valence-corrected chi connectivity index (χ2v) is 7.54. The Morgan fingerprint density at radius 2 is 1.20 bits per heavy atom. The van der Waals surface area contributed by atoms with Gasteiger partial charge in [0.2, 0.25) is 0 Å². The molecule has 30 heavy (non-hydrogen) atoms. The number of furan rings is 1. The van der Waals surface area contributed by atoms with Gasteiger partial charge in [-0.15, -0.1) is 0 Å². The fraction of sp³-hybridized carbons (Fsp3) is 0. The minimum absolute atomic E-state index is 0.922. The average molecular weight is 385 g/mol. The molecule has 0 atom stereocenters. The molecule has 0 aliphatic rings. The van der Waals surface area contributed by atoms with Gasteiger partial charge in [0, 0.05) is 27.5 Å². The largest absolute Gasteiger partial charge is 0.455 e. The molecule has 0 radical (unpaired) electrons. The van der Waals surface area contributed by atoms with E-state index in [2.05, 4.69) is 96.3 Å². The quantitative estimate of drug-likeness (QED) is 0.332. The molecule has 6 rings (SSSR count).